The van der Waals surface area contributed by atoms with Gasteiger partial charge < -0.3 is 5.32 Å². The summed E-state index contributed by atoms with van der Waals surface area (Å²) in [6.07, 6.45) is 1.74. The Morgan fingerprint density at radius 1 is 1.26 bits per heavy atom. The van der Waals surface area contributed by atoms with Crippen molar-refractivity contribution < 1.29 is 9.59 Å². The third kappa shape index (κ3) is 6.51. The molecule has 2 rings (SSSR count). The normalized spacial score (nSPS) is 11.1. The molecule has 0 bridgehead atoms. The van der Waals surface area contributed by atoms with Crippen LogP contribution in [0.1, 0.15) is 20.8 Å². The molecule has 1 aromatic carbocycles. The fourth-order valence-electron chi connectivity index (χ4n) is 2.17. The second kappa shape index (κ2) is 9.18. The number of carbonyl (C=O) groups excluding carboxylic acids is 2. The molecule has 0 radical (unpaired) electrons. The average Bonchev–Trinajstić information content (AvgIpc) is 2.95. The van der Waals surface area contributed by atoms with Gasteiger partial charge in [0, 0.05) is 22.1 Å². The molecule has 0 aliphatic carbocycles. The Labute approximate surface area is 171 Å². The summed E-state index contributed by atoms with van der Waals surface area (Å²) >= 11 is 4.62. The summed E-state index contributed by atoms with van der Waals surface area (Å²) in [5.41, 5.74) is 0.495. The van der Waals surface area contributed by atoms with Crippen molar-refractivity contribution in [3.63, 3.8) is 0 Å². The Bertz CT molecular complexity index is 827. The summed E-state index contributed by atoms with van der Waals surface area (Å²) in [6, 6.07) is 7.21. The summed E-state index contributed by atoms with van der Waals surface area (Å²) in [4.78, 5) is 23.8. The van der Waals surface area contributed by atoms with Gasteiger partial charge in [0.15, 0.2) is 11.0 Å². The van der Waals surface area contributed by atoms with Gasteiger partial charge in [0.1, 0.15) is 0 Å². The van der Waals surface area contributed by atoms with Crippen LogP contribution in [0.25, 0.3) is 11.4 Å². The van der Waals surface area contributed by atoms with Gasteiger partial charge in [-0.15, -0.1) is 16.8 Å². The van der Waals surface area contributed by atoms with Crippen LogP contribution in [0.2, 0.25) is 0 Å². The van der Waals surface area contributed by atoms with Gasteiger partial charge in [-0.3, -0.25) is 14.7 Å². The predicted molar refractivity (Wildman–Crippen MR) is 111 cm³/mol. The predicted octanol–water partition coefficient (Wildman–Crippen LogP) is 3.61. The van der Waals surface area contributed by atoms with E-state index in [0.29, 0.717) is 17.5 Å². The second-order valence-electron chi connectivity index (χ2n) is 6.75. The quantitative estimate of drug-likeness (QED) is 0.517. The summed E-state index contributed by atoms with van der Waals surface area (Å²) in [7, 11) is 0. The van der Waals surface area contributed by atoms with Crippen LogP contribution in [-0.2, 0) is 11.3 Å². The van der Waals surface area contributed by atoms with Gasteiger partial charge in [0.2, 0.25) is 5.91 Å². The molecule has 9 heteroatoms. The molecule has 144 valence electrons. The maximum Gasteiger partial charge on any atom is 0.321 e. The summed E-state index contributed by atoms with van der Waals surface area (Å²) in [6.45, 7) is 9.80. The standard InChI is InChI=1S/C18H22BrN5O2S/c1-5-10-24-15(12-6-8-13(19)9-7-12)22-23-17(24)27-11-14(25)20-16(26)21-18(2,3)4/h5-9H,1,10-11H2,2-4H3,(H2,20,21,25,26). The van der Waals surface area contributed by atoms with Crippen LogP contribution in [0.4, 0.5) is 4.79 Å². The van der Waals surface area contributed by atoms with Gasteiger partial charge >= 0.3 is 6.03 Å². The minimum atomic E-state index is -0.517. The highest BCUT2D eigenvalue weighted by molar-refractivity contribution is 9.10. The fraction of sp³-hybridized carbons (Fsp3) is 0.333. The molecule has 0 saturated heterocycles. The maximum absolute atomic E-state index is 12.0. The Balaban J connectivity index is 2.06. The number of nitrogens with zero attached hydrogens (tertiary/aromatic N) is 3. The van der Waals surface area contributed by atoms with E-state index in [4.69, 9.17) is 0 Å². The summed E-state index contributed by atoms with van der Waals surface area (Å²) < 4.78 is 2.85. The highest BCUT2D eigenvalue weighted by Gasteiger charge is 2.18. The van der Waals surface area contributed by atoms with E-state index in [1.54, 1.807) is 6.08 Å². The summed E-state index contributed by atoms with van der Waals surface area (Å²) in [5, 5.41) is 14.0. The van der Waals surface area contributed by atoms with Gasteiger partial charge in [-0.1, -0.05) is 45.9 Å². The SMILES string of the molecule is C=CCn1c(SCC(=O)NC(=O)NC(C)(C)C)nnc1-c1ccc(Br)cc1. The van der Waals surface area contributed by atoms with E-state index in [1.807, 2.05) is 49.6 Å². The number of imide groups is 1. The van der Waals surface area contributed by atoms with Crippen LogP contribution < -0.4 is 10.6 Å². The molecule has 7 nitrogen and oxygen atoms in total. The van der Waals surface area contributed by atoms with Crippen molar-refractivity contribution in [2.45, 2.75) is 38.0 Å². The number of hydrogen-bond donors (Lipinski definition) is 2. The molecule has 2 N–H and O–H groups in total. The number of amides is 3. The lowest BCUT2D eigenvalue weighted by Crippen LogP contribution is -2.48. The van der Waals surface area contributed by atoms with E-state index in [-0.39, 0.29) is 5.75 Å². The van der Waals surface area contributed by atoms with Gasteiger partial charge in [-0.05, 0) is 32.9 Å². The molecule has 0 unspecified atom stereocenters. The highest BCUT2D eigenvalue weighted by atomic mass is 79.9. The minimum absolute atomic E-state index is 0.0488. The molecule has 2 aromatic rings. The number of rotatable bonds is 6. The number of thioether (sulfide) groups is 1. The number of nitrogens with one attached hydrogen (secondary N) is 2. The van der Waals surface area contributed by atoms with Crippen molar-refractivity contribution in [2.75, 3.05) is 5.75 Å². The molecule has 3 amide bonds. The van der Waals surface area contributed by atoms with Crippen LogP contribution in [0.3, 0.4) is 0 Å². The number of hydrogen-bond acceptors (Lipinski definition) is 5. The van der Waals surface area contributed by atoms with Crippen molar-refractivity contribution >= 4 is 39.6 Å². The maximum atomic E-state index is 12.0. The monoisotopic (exact) mass is 451 g/mol. The Morgan fingerprint density at radius 3 is 2.52 bits per heavy atom. The van der Waals surface area contributed by atoms with Crippen LogP contribution in [0, 0.1) is 0 Å². The third-order valence-corrected chi connectivity index (χ3v) is 4.70. The van der Waals surface area contributed by atoms with E-state index in [2.05, 4.69) is 43.3 Å². The number of carbonyl (C=O) groups is 2. The van der Waals surface area contributed by atoms with Crippen LogP contribution >= 0.6 is 27.7 Å². The lowest BCUT2D eigenvalue weighted by Gasteiger charge is -2.20. The number of allylic oxidation sites excluding steroid dienone is 1. The van der Waals surface area contributed by atoms with Crippen molar-refractivity contribution in [1.82, 2.24) is 25.4 Å². The van der Waals surface area contributed by atoms with E-state index < -0.39 is 17.5 Å². The number of benzene rings is 1. The molecule has 0 fully saturated rings. The van der Waals surface area contributed by atoms with Gasteiger partial charge in [0.25, 0.3) is 0 Å². The van der Waals surface area contributed by atoms with Crippen LogP contribution in [0.5, 0.6) is 0 Å². The molecule has 27 heavy (non-hydrogen) atoms. The summed E-state index contributed by atoms with van der Waals surface area (Å²) in [5.74, 6) is 0.337. The van der Waals surface area contributed by atoms with Crippen molar-refractivity contribution in [3.8, 4) is 11.4 Å². The minimum Gasteiger partial charge on any atom is -0.333 e. The van der Waals surface area contributed by atoms with Crippen molar-refractivity contribution in [1.29, 1.82) is 0 Å². The number of aromatic nitrogens is 3. The topological polar surface area (TPSA) is 88.9 Å². The van der Waals surface area contributed by atoms with Crippen molar-refractivity contribution in [3.05, 3.63) is 41.4 Å². The zero-order valence-corrected chi connectivity index (χ0v) is 17.9. The largest absolute Gasteiger partial charge is 0.333 e. The molecule has 0 aliphatic heterocycles. The first-order valence-corrected chi connectivity index (χ1v) is 10.0. The van der Waals surface area contributed by atoms with Crippen molar-refractivity contribution in [2.24, 2.45) is 0 Å². The fourth-order valence-corrected chi connectivity index (χ4v) is 3.18. The van der Waals surface area contributed by atoms with Gasteiger partial charge in [0.05, 0.1) is 5.75 Å². The number of halogens is 1. The zero-order chi connectivity index (χ0) is 20.0. The lowest BCUT2D eigenvalue weighted by atomic mass is 10.1. The van der Waals surface area contributed by atoms with Gasteiger partial charge in [-0.25, -0.2) is 4.79 Å². The molecule has 0 atom stereocenters. The highest BCUT2D eigenvalue weighted by Crippen LogP contribution is 2.25. The molecule has 0 saturated carbocycles. The Morgan fingerprint density at radius 2 is 1.93 bits per heavy atom. The van der Waals surface area contributed by atoms with E-state index >= 15 is 0 Å². The first-order chi connectivity index (χ1) is 12.7. The Hall–Kier alpha value is -2.13. The first kappa shape index (κ1) is 21.2. The van der Waals surface area contributed by atoms with Gasteiger partial charge in [-0.2, -0.15) is 0 Å². The molecule has 1 aromatic heterocycles. The molecular weight excluding hydrogens is 430 g/mol. The number of urea groups is 1. The van der Waals surface area contributed by atoms with E-state index in [1.165, 1.54) is 11.8 Å². The second-order valence-corrected chi connectivity index (χ2v) is 8.61. The molecular formula is C18H22BrN5O2S. The molecule has 0 aliphatic rings. The lowest BCUT2D eigenvalue weighted by molar-refractivity contribution is -0.117. The zero-order valence-electron chi connectivity index (χ0n) is 15.5. The smallest absolute Gasteiger partial charge is 0.321 e. The first-order valence-electron chi connectivity index (χ1n) is 8.24. The molecule has 1 heterocycles. The molecule has 0 spiro atoms. The Kier molecular flexibility index (Phi) is 7.20. The van der Waals surface area contributed by atoms with Crippen LogP contribution in [-0.4, -0.2) is 38.0 Å². The third-order valence-electron chi connectivity index (χ3n) is 3.20. The van der Waals surface area contributed by atoms with E-state index in [0.717, 1.165) is 10.0 Å². The average molecular weight is 452 g/mol. The van der Waals surface area contributed by atoms with E-state index in [9.17, 15) is 9.59 Å². The van der Waals surface area contributed by atoms with Crippen LogP contribution in [0.15, 0.2) is 46.5 Å².